The van der Waals surface area contributed by atoms with Crippen LogP contribution in [0.25, 0.3) is 0 Å². The number of aliphatic hydroxyl groups excluding tert-OH is 1. The standard InChI is InChI=1S/C51H93N2O7P/c1-3-5-7-9-11-13-15-17-19-21-22-24-26-28-30-32-34-37-41-48(40-36-33-31-29-27-25-23-20-18-16-14-12-10-8-6-4-2)59-51(56)52-43-39-35-38-42-50(55)53-45-49(60-61(57)58)44-47(53)46-54/h11-14,17-20,47-49,54,61H,3-10,15-16,21-46H2,1-2H3,(H,52,56)(H,57,58)/b13-11-,14-12-,19-17-,20-18-/t47-,48?,49+/m0/s1. The number of hydrogen-bond donors (Lipinski definition) is 3. The molecule has 3 N–H and O–H groups in total. The van der Waals surface area contributed by atoms with Crippen molar-refractivity contribution < 1.29 is 33.4 Å². The Morgan fingerprint density at radius 2 is 1.08 bits per heavy atom. The maximum Gasteiger partial charge on any atom is 0.407 e. The number of rotatable bonds is 42. The van der Waals surface area contributed by atoms with Gasteiger partial charge in [0.15, 0.2) is 0 Å². The van der Waals surface area contributed by atoms with Gasteiger partial charge in [0.25, 0.3) is 0 Å². The van der Waals surface area contributed by atoms with Gasteiger partial charge in [0, 0.05) is 19.5 Å². The summed E-state index contributed by atoms with van der Waals surface area (Å²) < 4.78 is 22.1. The van der Waals surface area contributed by atoms with Crippen LogP contribution in [0, 0.1) is 0 Å². The average Bonchev–Trinajstić information content (AvgIpc) is 3.66. The Bertz CT molecular complexity index is 1180. The lowest BCUT2D eigenvalue weighted by atomic mass is 10.0. The average molecular weight is 877 g/mol. The minimum atomic E-state index is -3.09. The van der Waals surface area contributed by atoms with Crippen molar-refractivity contribution in [1.29, 1.82) is 0 Å². The molecule has 0 bridgehead atoms. The summed E-state index contributed by atoms with van der Waals surface area (Å²) >= 11 is 0. The monoisotopic (exact) mass is 877 g/mol. The van der Waals surface area contributed by atoms with Gasteiger partial charge in [-0.2, -0.15) is 0 Å². The number of nitrogens with zero attached hydrogens (tertiary/aromatic N) is 1. The van der Waals surface area contributed by atoms with Gasteiger partial charge < -0.3 is 29.5 Å². The van der Waals surface area contributed by atoms with Gasteiger partial charge in [0.2, 0.25) is 5.91 Å². The number of allylic oxidation sites excluding steroid dienone is 8. The summed E-state index contributed by atoms with van der Waals surface area (Å²) in [5.74, 6) is -0.0856. The molecule has 0 aliphatic carbocycles. The smallest absolute Gasteiger partial charge is 0.407 e. The minimum Gasteiger partial charge on any atom is -0.446 e. The quantitative estimate of drug-likeness (QED) is 0.0317. The Morgan fingerprint density at radius 1 is 0.639 bits per heavy atom. The summed E-state index contributed by atoms with van der Waals surface area (Å²) in [4.78, 5) is 36.2. The van der Waals surface area contributed by atoms with E-state index in [9.17, 15) is 19.3 Å². The molecule has 1 saturated heterocycles. The van der Waals surface area contributed by atoms with Crippen LogP contribution in [-0.4, -0.2) is 64.8 Å². The summed E-state index contributed by atoms with van der Waals surface area (Å²) in [6.45, 7) is 5.03. The fourth-order valence-corrected chi connectivity index (χ4v) is 8.48. The number of hydrogen-bond acceptors (Lipinski definition) is 6. The third-order valence-corrected chi connectivity index (χ3v) is 12.3. The number of amides is 2. The molecule has 354 valence electrons. The number of unbranched alkanes of at least 4 members (excludes halogenated alkanes) is 22. The highest BCUT2D eigenvalue weighted by molar-refractivity contribution is 7.32. The van der Waals surface area contributed by atoms with Gasteiger partial charge >= 0.3 is 14.3 Å². The maximum absolute atomic E-state index is 12.8. The van der Waals surface area contributed by atoms with Gasteiger partial charge in [-0.3, -0.25) is 9.36 Å². The molecule has 2 amide bonds. The van der Waals surface area contributed by atoms with Crippen LogP contribution in [0.15, 0.2) is 48.6 Å². The Morgan fingerprint density at radius 3 is 1.54 bits per heavy atom. The van der Waals surface area contributed by atoms with E-state index in [4.69, 9.17) is 14.2 Å². The van der Waals surface area contributed by atoms with Crippen LogP contribution in [-0.2, 0) is 18.6 Å². The first-order valence-electron chi connectivity index (χ1n) is 25.3. The van der Waals surface area contributed by atoms with E-state index in [1.165, 1.54) is 141 Å². The molecular formula is C51H93N2O7P. The van der Waals surface area contributed by atoms with E-state index in [-0.39, 0.29) is 37.3 Å². The predicted molar refractivity (Wildman–Crippen MR) is 257 cm³/mol. The molecule has 0 saturated carbocycles. The van der Waals surface area contributed by atoms with Crippen molar-refractivity contribution in [2.24, 2.45) is 0 Å². The van der Waals surface area contributed by atoms with Gasteiger partial charge in [0.1, 0.15) is 6.10 Å². The van der Waals surface area contributed by atoms with Crippen LogP contribution in [0.1, 0.15) is 226 Å². The zero-order valence-corrected chi connectivity index (χ0v) is 40.2. The zero-order valence-electron chi connectivity index (χ0n) is 39.2. The number of likely N-dealkylation sites (tertiary alicyclic amines) is 1. The van der Waals surface area contributed by atoms with Gasteiger partial charge in [-0.05, 0) is 109 Å². The third kappa shape index (κ3) is 35.9. The van der Waals surface area contributed by atoms with Crippen LogP contribution in [0.2, 0.25) is 0 Å². The highest BCUT2D eigenvalue weighted by Gasteiger charge is 2.35. The van der Waals surface area contributed by atoms with E-state index in [1.54, 1.807) is 4.90 Å². The second-order valence-corrected chi connectivity index (χ2v) is 18.1. The largest absolute Gasteiger partial charge is 0.446 e. The fraction of sp³-hybridized carbons (Fsp3) is 0.804. The molecule has 10 heteroatoms. The molecule has 1 aliphatic rings. The van der Waals surface area contributed by atoms with Crippen molar-refractivity contribution in [3.05, 3.63) is 48.6 Å². The molecule has 0 aromatic heterocycles. The number of ether oxygens (including phenoxy) is 1. The molecular weight excluding hydrogens is 784 g/mol. The number of carbonyl (C=O) groups excluding carboxylic acids is 2. The molecule has 0 aromatic rings. The minimum absolute atomic E-state index is 0.0505. The summed E-state index contributed by atoms with van der Waals surface area (Å²) in [7, 11) is -3.09. The SMILES string of the molecule is CCCCC/C=C\C/C=C\CCCCCCCCCCC(CCCCCCCC/C=C\C/C=C\CCCCC)OC(=O)NCCCCCC(=O)N1C[C@H](O[PH](=O)O)C[C@H]1CO. The van der Waals surface area contributed by atoms with E-state index < -0.39 is 14.4 Å². The van der Waals surface area contributed by atoms with Gasteiger partial charge in [-0.15, -0.1) is 0 Å². The van der Waals surface area contributed by atoms with Crippen LogP contribution in [0.4, 0.5) is 4.79 Å². The summed E-state index contributed by atoms with van der Waals surface area (Å²) in [5, 5.41) is 12.6. The normalized spacial score (nSPS) is 16.8. The molecule has 2 unspecified atom stereocenters. The van der Waals surface area contributed by atoms with Crippen LogP contribution >= 0.6 is 8.25 Å². The van der Waals surface area contributed by atoms with Crippen molar-refractivity contribution in [3.8, 4) is 0 Å². The Hall–Kier alpha value is -2.19. The van der Waals surface area contributed by atoms with Gasteiger partial charge in [0.05, 0.1) is 18.8 Å². The lowest BCUT2D eigenvalue weighted by Crippen LogP contribution is -2.37. The highest BCUT2D eigenvalue weighted by atomic mass is 31.1. The van der Waals surface area contributed by atoms with E-state index >= 15 is 0 Å². The molecule has 0 aromatic carbocycles. The molecule has 1 fully saturated rings. The summed E-state index contributed by atoms with van der Waals surface area (Å²) in [5.41, 5.74) is 0. The number of aliphatic hydroxyl groups is 1. The summed E-state index contributed by atoms with van der Waals surface area (Å²) in [6.07, 6.45) is 54.4. The number of nitrogens with one attached hydrogen (secondary N) is 1. The molecule has 1 heterocycles. The van der Waals surface area contributed by atoms with Crippen molar-refractivity contribution in [3.63, 3.8) is 0 Å². The van der Waals surface area contributed by atoms with Gasteiger partial charge in [-0.25, -0.2) is 4.79 Å². The van der Waals surface area contributed by atoms with E-state index in [0.717, 1.165) is 51.4 Å². The fourth-order valence-electron chi connectivity index (χ4n) is 8.02. The second kappa shape index (κ2) is 43.1. The van der Waals surface area contributed by atoms with Crippen LogP contribution in [0.5, 0.6) is 0 Å². The first-order chi connectivity index (χ1) is 29.9. The molecule has 61 heavy (non-hydrogen) atoms. The lowest BCUT2D eigenvalue weighted by Gasteiger charge is -2.22. The van der Waals surface area contributed by atoms with Crippen molar-refractivity contribution in [2.75, 3.05) is 19.7 Å². The molecule has 9 nitrogen and oxygen atoms in total. The highest BCUT2D eigenvalue weighted by Crippen LogP contribution is 2.28. The van der Waals surface area contributed by atoms with Crippen LogP contribution < -0.4 is 5.32 Å². The second-order valence-electron chi connectivity index (χ2n) is 17.3. The molecule has 1 rings (SSSR count). The summed E-state index contributed by atoms with van der Waals surface area (Å²) in [6, 6.07) is -0.385. The lowest BCUT2D eigenvalue weighted by molar-refractivity contribution is -0.133. The van der Waals surface area contributed by atoms with Crippen molar-refractivity contribution in [2.45, 2.75) is 244 Å². The zero-order chi connectivity index (χ0) is 44.3. The molecule has 0 radical (unpaired) electrons. The van der Waals surface area contributed by atoms with Gasteiger partial charge in [-0.1, -0.05) is 159 Å². The topological polar surface area (TPSA) is 125 Å². The Kier molecular flexibility index (Phi) is 40.1. The third-order valence-electron chi connectivity index (χ3n) is 11.7. The number of carbonyl (C=O) groups is 2. The van der Waals surface area contributed by atoms with Crippen LogP contribution in [0.3, 0.4) is 0 Å². The Balaban J connectivity index is 2.30. The van der Waals surface area contributed by atoms with E-state index in [2.05, 4.69) is 67.8 Å². The molecule has 0 spiro atoms. The molecule has 4 atom stereocenters. The first kappa shape index (κ1) is 56.8. The van der Waals surface area contributed by atoms with E-state index in [0.29, 0.717) is 25.8 Å². The first-order valence-corrected chi connectivity index (χ1v) is 26.5. The van der Waals surface area contributed by atoms with Crippen molar-refractivity contribution >= 4 is 20.3 Å². The molecule has 1 aliphatic heterocycles. The maximum atomic E-state index is 12.8. The van der Waals surface area contributed by atoms with Crippen molar-refractivity contribution in [1.82, 2.24) is 10.2 Å². The predicted octanol–water partition coefficient (Wildman–Crippen LogP) is 14.2. The van der Waals surface area contributed by atoms with E-state index in [1.807, 2.05) is 0 Å². The number of alkyl carbamates (subject to hydrolysis) is 1. The Labute approximate surface area is 375 Å².